The van der Waals surface area contributed by atoms with Gasteiger partial charge in [-0.3, -0.25) is 0 Å². The van der Waals surface area contributed by atoms with Crippen LogP contribution in [0.25, 0.3) is 11.4 Å². The molecule has 1 heterocycles. The highest BCUT2D eigenvalue weighted by Gasteiger charge is 2.48. The topological polar surface area (TPSA) is 50.8 Å². The molecule has 3 saturated carbocycles. The summed E-state index contributed by atoms with van der Waals surface area (Å²) in [4.78, 5) is 5.22. The molecule has 3 aliphatic carbocycles. The third kappa shape index (κ3) is 4.52. The first-order valence-corrected chi connectivity index (χ1v) is 13.0. The summed E-state index contributed by atoms with van der Waals surface area (Å²) in [6, 6.07) is 19.5. The van der Waals surface area contributed by atoms with Gasteiger partial charge in [0.25, 0.3) is 0 Å². The molecule has 3 fully saturated rings. The van der Waals surface area contributed by atoms with E-state index in [9.17, 15) is 9.65 Å². The number of imidazole rings is 1. The monoisotopic (exact) mass is 469 g/mol. The van der Waals surface area contributed by atoms with Crippen molar-refractivity contribution in [3.63, 3.8) is 0 Å². The maximum absolute atomic E-state index is 13.6. The summed E-state index contributed by atoms with van der Waals surface area (Å²) in [6.07, 6.45) is 10.1. The number of nitriles is 1. The van der Waals surface area contributed by atoms with Gasteiger partial charge >= 0.3 is 0 Å². The molecule has 5 heteroatoms. The second kappa shape index (κ2) is 8.91. The average Bonchev–Trinajstić information content (AvgIpc) is 3.83. The van der Waals surface area contributed by atoms with Crippen molar-refractivity contribution in [2.24, 2.45) is 11.8 Å². The lowest BCUT2D eigenvalue weighted by atomic mass is 9.65. The van der Waals surface area contributed by atoms with Gasteiger partial charge in [-0.25, -0.2) is 9.37 Å². The number of benzene rings is 2. The molecule has 3 aliphatic rings. The van der Waals surface area contributed by atoms with Crippen LogP contribution < -0.4 is 0 Å². The lowest BCUT2D eigenvalue weighted by Gasteiger charge is -2.43. The largest absolute Gasteiger partial charge is 0.368 e. The molecule has 0 N–H and O–H groups in total. The Morgan fingerprint density at radius 1 is 0.943 bits per heavy atom. The van der Waals surface area contributed by atoms with Gasteiger partial charge in [0, 0.05) is 18.3 Å². The zero-order valence-corrected chi connectivity index (χ0v) is 20.1. The first-order chi connectivity index (χ1) is 17.1. The third-order valence-electron chi connectivity index (χ3n) is 8.24. The maximum atomic E-state index is 13.6. The normalized spacial score (nSPS) is 26.4. The predicted octanol–water partition coefficient (Wildman–Crippen LogP) is 6.76. The van der Waals surface area contributed by atoms with Crippen LogP contribution in [0.2, 0.25) is 0 Å². The van der Waals surface area contributed by atoms with Crippen molar-refractivity contribution in [1.29, 1.82) is 5.26 Å². The van der Waals surface area contributed by atoms with E-state index >= 15 is 0 Å². The van der Waals surface area contributed by atoms with E-state index in [-0.39, 0.29) is 5.82 Å². The summed E-state index contributed by atoms with van der Waals surface area (Å²) in [6.45, 7) is 1.75. The minimum absolute atomic E-state index is 0.269. The third-order valence-corrected chi connectivity index (χ3v) is 8.24. The van der Waals surface area contributed by atoms with E-state index in [4.69, 9.17) is 9.72 Å². The van der Waals surface area contributed by atoms with E-state index in [1.165, 1.54) is 37.8 Å². The molecule has 35 heavy (non-hydrogen) atoms. The van der Waals surface area contributed by atoms with E-state index in [0.717, 1.165) is 54.6 Å². The van der Waals surface area contributed by atoms with Gasteiger partial charge in [0.05, 0.1) is 23.8 Å². The van der Waals surface area contributed by atoms with Crippen LogP contribution in [0.3, 0.4) is 0 Å². The van der Waals surface area contributed by atoms with Crippen molar-refractivity contribution in [2.45, 2.75) is 68.9 Å². The van der Waals surface area contributed by atoms with Crippen molar-refractivity contribution in [1.82, 2.24) is 9.55 Å². The first-order valence-electron chi connectivity index (χ1n) is 13.0. The maximum Gasteiger partial charge on any atom is 0.140 e. The Morgan fingerprint density at radius 3 is 2.26 bits per heavy atom. The summed E-state index contributed by atoms with van der Waals surface area (Å²) < 4.78 is 22.7. The number of nitrogens with zero attached hydrogens (tertiary/aromatic N) is 3. The summed E-state index contributed by atoms with van der Waals surface area (Å²) in [5, 5.41) is 10.2. The highest BCUT2D eigenvalue weighted by Crippen LogP contribution is 2.50. The Balaban J connectivity index is 1.34. The lowest BCUT2D eigenvalue weighted by molar-refractivity contribution is -0.0907. The second-order valence-corrected chi connectivity index (χ2v) is 10.9. The van der Waals surface area contributed by atoms with Crippen LogP contribution in [0.4, 0.5) is 4.39 Å². The van der Waals surface area contributed by atoms with Crippen molar-refractivity contribution >= 4 is 0 Å². The highest BCUT2D eigenvalue weighted by molar-refractivity contribution is 5.56. The Morgan fingerprint density at radius 2 is 1.63 bits per heavy atom. The minimum atomic E-state index is -0.612. The Labute approximate surface area is 206 Å². The van der Waals surface area contributed by atoms with Crippen LogP contribution in [0.1, 0.15) is 62.6 Å². The van der Waals surface area contributed by atoms with E-state index < -0.39 is 11.0 Å². The van der Waals surface area contributed by atoms with Crippen molar-refractivity contribution in [3.05, 3.63) is 77.9 Å². The Kier molecular flexibility index (Phi) is 5.73. The van der Waals surface area contributed by atoms with Gasteiger partial charge in [-0.2, -0.15) is 5.26 Å². The summed E-state index contributed by atoms with van der Waals surface area (Å²) >= 11 is 0. The average molecular weight is 470 g/mol. The number of hydrogen-bond donors (Lipinski definition) is 0. The van der Waals surface area contributed by atoms with E-state index in [1.807, 2.05) is 6.07 Å². The van der Waals surface area contributed by atoms with Gasteiger partial charge in [-0.05, 0) is 80.9 Å². The SMILES string of the molecule is N#C[C@]1(c2ccc(F)cc2)CC[C@@](OCC2CC2)(c2cn(CC3CC3)c(-c3ccccc3)n2)CC1. The minimum Gasteiger partial charge on any atom is -0.368 e. The van der Waals surface area contributed by atoms with Crippen LogP contribution in [0.15, 0.2) is 60.8 Å². The van der Waals surface area contributed by atoms with Gasteiger partial charge < -0.3 is 9.30 Å². The predicted molar refractivity (Wildman–Crippen MR) is 133 cm³/mol. The number of rotatable bonds is 8. The summed E-state index contributed by atoms with van der Waals surface area (Å²) in [7, 11) is 0. The van der Waals surface area contributed by atoms with E-state index in [2.05, 4.69) is 41.1 Å². The van der Waals surface area contributed by atoms with Gasteiger partial charge in [0.15, 0.2) is 0 Å². The standard InChI is InChI=1S/C30H32FN3O/c31-26-12-10-25(11-13-26)29(21-32)14-16-30(17-15-29,35-20-23-8-9-23)27-19-34(18-22-6-7-22)28(33-27)24-4-2-1-3-5-24/h1-5,10-13,19,22-23H,6-9,14-18,20H2/t29-,30-. The number of ether oxygens (including phenoxy) is 1. The molecule has 0 amide bonds. The molecular weight excluding hydrogens is 437 g/mol. The lowest BCUT2D eigenvalue weighted by Crippen LogP contribution is -2.41. The van der Waals surface area contributed by atoms with Crippen molar-refractivity contribution in [2.75, 3.05) is 6.61 Å². The van der Waals surface area contributed by atoms with Crippen LogP contribution in [0, 0.1) is 29.0 Å². The zero-order chi connectivity index (χ0) is 23.9. The molecule has 0 atom stereocenters. The molecule has 6 rings (SSSR count). The first kappa shape index (κ1) is 22.5. The molecule has 2 aromatic carbocycles. The van der Waals surface area contributed by atoms with Crippen molar-refractivity contribution < 1.29 is 9.13 Å². The molecule has 3 aromatic rings. The van der Waals surface area contributed by atoms with E-state index in [1.54, 1.807) is 12.1 Å². The number of aromatic nitrogens is 2. The van der Waals surface area contributed by atoms with Gasteiger partial charge in [-0.15, -0.1) is 0 Å². The fourth-order valence-corrected chi connectivity index (χ4v) is 5.52. The molecular formula is C30H32FN3O. The Bertz CT molecular complexity index is 1210. The van der Waals surface area contributed by atoms with E-state index in [0.29, 0.717) is 18.8 Å². The van der Waals surface area contributed by atoms with Crippen LogP contribution in [-0.4, -0.2) is 16.2 Å². The summed E-state index contributed by atoms with van der Waals surface area (Å²) in [5.74, 6) is 2.12. The molecule has 1 aromatic heterocycles. The van der Waals surface area contributed by atoms with Crippen molar-refractivity contribution in [3.8, 4) is 17.5 Å². The molecule has 180 valence electrons. The molecule has 0 aliphatic heterocycles. The summed E-state index contributed by atoms with van der Waals surface area (Å²) in [5.41, 5.74) is 1.94. The van der Waals surface area contributed by atoms with Gasteiger partial charge in [-0.1, -0.05) is 42.5 Å². The van der Waals surface area contributed by atoms with Crippen LogP contribution in [-0.2, 0) is 22.3 Å². The molecule has 0 unspecified atom stereocenters. The fourth-order valence-electron chi connectivity index (χ4n) is 5.52. The molecule has 4 nitrogen and oxygen atoms in total. The quantitative estimate of drug-likeness (QED) is 0.366. The number of halogens is 1. The zero-order valence-electron chi connectivity index (χ0n) is 20.1. The van der Waals surface area contributed by atoms with Gasteiger partial charge in [0.1, 0.15) is 17.2 Å². The second-order valence-electron chi connectivity index (χ2n) is 10.9. The fraction of sp³-hybridized carbons (Fsp3) is 0.467. The smallest absolute Gasteiger partial charge is 0.140 e. The highest BCUT2D eigenvalue weighted by atomic mass is 19.1. The Hall–Kier alpha value is -2.97. The van der Waals surface area contributed by atoms with Crippen LogP contribution in [0.5, 0.6) is 0 Å². The molecule has 0 bridgehead atoms. The molecule has 0 spiro atoms. The van der Waals surface area contributed by atoms with Crippen LogP contribution >= 0.6 is 0 Å². The number of hydrogen-bond acceptors (Lipinski definition) is 3. The molecule has 0 saturated heterocycles. The van der Waals surface area contributed by atoms with Gasteiger partial charge in [0.2, 0.25) is 0 Å². The molecule has 0 radical (unpaired) electrons.